The fourth-order valence-corrected chi connectivity index (χ4v) is 8.49. The van der Waals surface area contributed by atoms with Crippen LogP contribution in [0.15, 0.2) is 122 Å². The molecule has 9 aromatic rings. The average molecular weight is 618 g/mol. The molecule has 2 aromatic heterocycles. The minimum atomic E-state index is -0.159. The first-order valence-corrected chi connectivity index (χ1v) is 16.9. The summed E-state index contributed by atoms with van der Waals surface area (Å²) in [6.07, 6.45) is 1.71. The van der Waals surface area contributed by atoms with Crippen LogP contribution < -0.4 is 0 Å². The molecule has 0 saturated heterocycles. The van der Waals surface area contributed by atoms with Crippen molar-refractivity contribution in [3.05, 3.63) is 138 Å². The van der Waals surface area contributed by atoms with E-state index in [-0.39, 0.29) is 10.8 Å². The fourth-order valence-electron chi connectivity index (χ4n) is 8.49. The SMILES string of the molecule is CC(C)(C)c1cc2ccc3cc4c(c5ccc(c1)c2c35)-c1ccc(-c2cc(-n3c5ccccc5c5ccccc53)ncn2)cc1C4(C)C. The van der Waals surface area contributed by atoms with Gasteiger partial charge in [-0.3, -0.25) is 4.57 Å². The van der Waals surface area contributed by atoms with Crippen molar-refractivity contribution in [1.29, 1.82) is 0 Å². The summed E-state index contributed by atoms with van der Waals surface area (Å²) in [6, 6.07) is 42.8. The number of benzene rings is 7. The molecule has 0 saturated carbocycles. The van der Waals surface area contributed by atoms with Gasteiger partial charge in [0.15, 0.2) is 0 Å². The zero-order valence-corrected chi connectivity index (χ0v) is 27.9. The number of rotatable bonds is 2. The maximum atomic E-state index is 4.81. The third-order valence-corrected chi connectivity index (χ3v) is 11.0. The summed E-state index contributed by atoms with van der Waals surface area (Å²) in [6.45, 7) is 11.6. The Hall–Kier alpha value is -5.54. The van der Waals surface area contributed by atoms with Gasteiger partial charge in [-0.25, -0.2) is 9.97 Å². The first kappa shape index (κ1) is 27.6. The zero-order chi connectivity index (χ0) is 32.5. The summed E-state index contributed by atoms with van der Waals surface area (Å²) in [5, 5.41) is 10.5. The van der Waals surface area contributed by atoms with E-state index < -0.39 is 0 Å². The Morgan fingerprint density at radius 2 is 1.23 bits per heavy atom. The van der Waals surface area contributed by atoms with Crippen LogP contribution in [-0.2, 0) is 10.8 Å². The van der Waals surface area contributed by atoms with Crippen molar-refractivity contribution in [2.75, 3.05) is 0 Å². The molecule has 0 unspecified atom stereocenters. The summed E-state index contributed by atoms with van der Waals surface area (Å²) in [4.78, 5) is 9.60. The van der Waals surface area contributed by atoms with E-state index in [4.69, 9.17) is 9.97 Å². The third-order valence-electron chi connectivity index (χ3n) is 11.0. The van der Waals surface area contributed by atoms with Gasteiger partial charge in [0.2, 0.25) is 0 Å². The Kier molecular flexibility index (Phi) is 5.34. The Balaban J connectivity index is 1.15. The highest BCUT2D eigenvalue weighted by Crippen LogP contribution is 2.54. The van der Waals surface area contributed by atoms with Crippen LogP contribution in [0.25, 0.3) is 82.3 Å². The molecule has 1 aliphatic rings. The number of fused-ring (bicyclic) bond motifs is 7. The Labute approximate surface area is 279 Å². The third kappa shape index (κ3) is 3.65. The van der Waals surface area contributed by atoms with Gasteiger partial charge in [-0.1, -0.05) is 120 Å². The maximum absolute atomic E-state index is 4.81. The monoisotopic (exact) mass is 617 g/mol. The molecule has 0 spiro atoms. The smallest absolute Gasteiger partial charge is 0.141 e. The molecule has 2 heterocycles. The van der Waals surface area contributed by atoms with Crippen molar-refractivity contribution in [3.63, 3.8) is 0 Å². The van der Waals surface area contributed by atoms with Gasteiger partial charge >= 0.3 is 0 Å². The van der Waals surface area contributed by atoms with E-state index in [0.29, 0.717) is 0 Å². The molecule has 0 atom stereocenters. The molecule has 1 aliphatic carbocycles. The first-order chi connectivity index (χ1) is 23.2. The van der Waals surface area contributed by atoms with Crippen LogP contribution in [0.1, 0.15) is 51.3 Å². The highest BCUT2D eigenvalue weighted by molar-refractivity contribution is 6.26. The lowest BCUT2D eigenvalue weighted by Crippen LogP contribution is -2.15. The maximum Gasteiger partial charge on any atom is 0.141 e. The molecule has 7 aromatic carbocycles. The summed E-state index contributed by atoms with van der Waals surface area (Å²) >= 11 is 0. The fraction of sp³-hybridized carbons (Fsp3) is 0.156. The molecule has 230 valence electrons. The molecule has 10 rings (SSSR count). The van der Waals surface area contributed by atoms with Gasteiger partial charge in [0, 0.05) is 27.8 Å². The van der Waals surface area contributed by atoms with Crippen molar-refractivity contribution in [1.82, 2.24) is 14.5 Å². The van der Waals surface area contributed by atoms with E-state index in [9.17, 15) is 0 Å². The summed E-state index contributed by atoms with van der Waals surface area (Å²) in [5.41, 5.74) is 11.1. The molecule has 0 radical (unpaired) electrons. The van der Waals surface area contributed by atoms with Gasteiger partial charge in [0.05, 0.1) is 16.7 Å². The van der Waals surface area contributed by atoms with Crippen molar-refractivity contribution in [2.45, 2.75) is 45.4 Å². The number of hydrogen-bond donors (Lipinski definition) is 0. The lowest BCUT2D eigenvalue weighted by molar-refractivity contribution is 0.591. The van der Waals surface area contributed by atoms with Gasteiger partial charge < -0.3 is 0 Å². The highest BCUT2D eigenvalue weighted by Gasteiger charge is 2.37. The lowest BCUT2D eigenvalue weighted by atomic mass is 9.79. The van der Waals surface area contributed by atoms with Crippen LogP contribution in [0.4, 0.5) is 0 Å². The topological polar surface area (TPSA) is 30.7 Å². The van der Waals surface area contributed by atoms with Crippen molar-refractivity contribution in [2.24, 2.45) is 0 Å². The van der Waals surface area contributed by atoms with Gasteiger partial charge in [-0.15, -0.1) is 0 Å². The van der Waals surface area contributed by atoms with E-state index in [1.54, 1.807) is 6.33 Å². The van der Waals surface area contributed by atoms with E-state index >= 15 is 0 Å². The zero-order valence-electron chi connectivity index (χ0n) is 27.9. The number of hydrogen-bond acceptors (Lipinski definition) is 2. The second-order valence-electron chi connectivity index (χ2n) is 15.1. The predicted molar refractivity (Wildman–Crippen MR) is 202 cm³/mol. The summed E-state index contributed by atoms with van der Waals surface area (Å²) < 4.78 is 2.26. The minimum absolute atomic E-state index is 0.0975. The van der Waals surface area contributed by atoms with E-state index in [2.05, 4.69) is 154 Å². The Morgan fingerprint density at radius 3 is 1.92 bits per heavy atom. The molecule has 0 N–H and O–H groups in total. The molecule has 3 nitrogen and oxygen atoms in total. The average Bonchev–Trinajstić information content (AvgIpc) is 3.55. The van der Waals surface area contributed by atoms with Gasteiger partial charge in [-0.2, -0.15) is 0 Å². The van der Waals surface area contributed by atoms with Crippen LogP contribution in [0, 0.1) is 0 Å². The molecule has 3 heteroatoms. The van der Waals surface area contributed by atoms with Gasteiger partial charge in [0.1, 0.15) is 12.1 Å². The second kappa shape index (κ2) is 9.29. The summed E-state index contributed by atoms with van der Waals surface area (Å²) in [7, 11) is 0. The standard InChI is InChI=1S/C45H35N3/c1-44(2,3)30-20-27-14-15-29-23-36-43(34-19-17-28(21-30)41(27)42(29)34)33-18-16-26(22-35(33)45(36,4)5)37-24-40(47-25-46-37)48-38-12-8-6-10-31(38)32-11-7-9-13-39(32)48/h6-25H,1-5H3. The number of nitrogens with zero attached hydrogens (tertiary/aromatic N) is 3. The minimum Gasteiger partial charge on any atom is -0.294 e. The number of aromatic nitrogens is 3. The van der Waals surface area contributed by atoms with Crippen molar-refractivity contribution in [3.8, 4) is 28.2 Å². The van der Waals surface area contributed by atoms with Crippen LogP contribution in [0.3, 0.4) is 0 Å². The molecule has 0 fully saturated rings. The number of para-hydroxylation sites is 2. The van der Waals surface area contributed by atoms with Crippen LogP contribution in [-0.4, -0.2) is 14.5 Å². The summed E-state index contributed by atoms with van der Waals surface area (Å²) in [5.74, 6) is 0.874. The van der Waals surface area contributed by atoms with Crippen molar-refractivity contribution < 1.29 is 0 Å². The quantitative estimate of drug-likeness (QED) is 0.181. The largest absolute Gasteiger partial charge is 0.294 e. The molecular formula is C45H35N3. The van der Waals surface area contributed by atoms with Crippen LogP contribution in [0.5, 0.6) is 0 Å². The van der Waals surface area contributed by atoms with Gasteiger partial charge in [-0.05, 0) is 89.8 Å². The van der Waals surface area contributed by atoms with E-state index in [1.807, 2.05) is 0 Å². The van der Waals surface area contributed by atoms with Crippen LogP contribution in [0.2, 0.25) is 0 Å². The molecular weight excluding hydrogens is 583 g/mol. The molecule has 0 amide bonds. The highest BCUT2D eigenvalue weighted by atomic mass is 15.1. The lowest BCUT2D eigenvalue weighted by Gasteiger charge is -2.24. The van der Waals surface area contributed by atoms with E-state index in [1.165, 1.54) is 70.9 Å². The molecule has 0 aliphatic heterocycles. The Morgan fingerprint density at radius 1 is 0.583 bits per heavy atom. The molecule has 48 heavy (non-hydrogen) atoms. The van der Waals surface area contributed by atoms with E-state index in [0.717, 1.165) is 28.1 Å². The predicted octanol–water partition coefficient (Wildman–Crippen LogP) is 11.7. The normalized spacial score (nSPS) is 14.1. The van der Waals surface area contributed by atoms with Crippen molar-refractivity contribution >= 4 is 54.1 Å². The second-order valence-corrected chi connectivity index (χ2v) is 15.1. The van der Waals surface area contributed by atoms with Gasteiger partial charge in [0.25, 0.3) is 0 Å². The first-order valence-electron chi connectivity index (χ1n) is 16.9. The Bertz CT molecular complexity index is 2720. The van der Waals surface area contributed by atoms with Crippen LogP contribution >= 0.6 is 0 Å². The molecule has 0 bridgehead atoms.